The van der Waals surface area contributed by atoms with E-state index in [1.165, 1.54) is 0 Å². The third-order valence-electron chi connectivity index (χ3n) is 2.79. The number of hydrogen-bond acceptors (Lipinski definition) is 3. The average molecular weight is 388 g/mol. The van der Waals surface area contributed by atoms with Crippen molar-refractivity contribution in [1.29, 1.82) is 0 Å². The largest absolute Gasteiger partial charge is 0.483 e. The zero-order valence-electron chi connectivity index (χ0n) is 13.0. The van der Waals surface area contributed by atoms with E-state index in [4.69, 9.17) is 5.11 Å². The van der Waals surface area contributed by atoms with E-state index in [0.717, 1.165) is 6.07 Å². The van der Waals surface area contributed by atoms with Crippen LogP contribution in [0, 0.1) is 0 Å². The van der Waals surface area contributed by atoms with Gasteiger partial charge in [0.2, 0.25) is 0 Å². The summed E-state index contributed by atoms with van der Waals surface area (Å²) in [5.41, 5.74) is -1.81. The number of aliphatic carboxylic acids is 1. The number of amides is 2. The molecule has 0 saturated heterocycles. The van der Waals surface area contributed by atoms with Crippen LogP contribution in [0.5, 0.6) is 5.75 Å². The van der Waals surface area contributed by atoms with Crippen LogP contribution in [0.25, 0.3) is 0 Å². The van der Waals surface area contributed by atoms with Gasteiger partial charge in [-0.3, -0.25) is 4.79 Å². The van der Waals surface area contributed by atoms with E-state index in [0.29, 0.717) is 12.1 Å². The Labute approximate surface area is 143 Å². The predicted molar refractivity (Wildman–Crippen MR) is 76.9 cm³/mol. The van der Waals surface area contributed by atoms with E-state index in [1.54, 1.807) is 0 Å². The van der Waals surface area contributed by atoms with Crippen molar-refractivity contribution in [3.8, 4) is 5.75 Å². The molecule has 12 heteroatoms. The fourth-order valence-electron chi connectivity index (χ4n) is 1.73. The molecule has 0 spiro atoms. The molecular formula is C14H14F6N2O4. The van der Waals surface area contributed by atoms with Gasteiger partial charge in [-0.2, -0.15) is 26.3 Å². The zero-order chi connectivity index (χ0) is 20.0. The van der Waals surface area contributed by atoms with E-state index < -0.39 is 42.3 Å². The third-order valence-corrected chi connectivity index (χ3v) is 2.79. The molecule has 1 aromatic carbocycles. The number of benzene rings is 1. The summed E-state index contributed by atoms with van der Waals surface area (Å²) in [6.45, 7) is -1.93. The highest BCUT2D eigenvalue weighted by Crippen LogP contribution is 2.38. The molecule has 0 aliphatic heterocycles. The Balaban J connectivity index is 2.78. The number of halogens is 6. The smallest absolute Gasteiger partial charge is 0.422 e. The van der Waals surface area contributed by atoms with Gasteiger partial charge in [0.25, 0.3) is 0 Å². The molecule has 0 aliphatic rings. The molecule has 0 heterocycles. The quantitative estimate of drug-likeness (QED) is 0.492. The van der Waals surface area contributed by atoms with Crippen molar-refractivity contribution in [3.63, 3.8) is 0 Å². The van der Waals surface area contributed by atoms with E-state index in [9.17, 15) is 35.9 Å². The maximum Gasteiger partial charge on any atom is 0.422 e. The molecule has 2 amide bonds. The number of urea groups is 1. The summed E-state index contributed by atoms with van der Waals surface area (Å²) >= 11 is 0. The first kappa shape index (κ1) is 21.4. The molecule has 0 unspecified atom stereocenters. The Morgan fingerprint density at radius 1 is 1.12 bits per heavy atom. The van der Waals surface area contributed by atoms with Gasteiger partial charge in [-0.25, -0.2) is 4.79 Å². The summed E-state index contributed by atoms with van der Waals surface area (Å²) < 4.78 is 79.4. The maximum atomic E-state index is 13.0. The van der Waals surface area contributed by atoms with Crippen molar-refractivity contribution in [1.82, 2.24) is 5.32 Å². The average Bonchev–Trinajstić information content (AvgIpc) is 2.48. The number of alkyl halides is 6. The monoisotopic (exact) mass is 388 g/mol. The van der Waals surface area contributed by atoms with Crippen molar-refractivity contribution in [3.05, 3.63) is 23.8 Å². The topological polar surface area (TPSA) is 87.7 Å². The highest BCUT2D eigenvalue weighted by Gasteiger charge is 2.36. The maximum absolute atomic E-state index is 13.0. The Hall–Kier alpha value is -2.66. The SMILES string of the molecule is O=C(O)CCCNC(=O)Nc1ccc(OCC(F)(F)F)c(C(F)(F)F)c1. The predicted octanol–water partition coefficient (Wildman–Crippen LogP) is 3.63. The molecule has 0 aromatic heterocycles. The lowest BCUT2D eigenvalue weighted by molar-refractivity contribution is -0.158. The Morgan fingerprint density at radius 2 is 1.77 bits per heavy atom. The molecular weight excluding hydrogens is 374 g/mol. The highest BCUT2D eigenvalue weighted by atomic mass is 19.4. The molecule has 26 heavy (non-hydrogen) atoms. The summed E-state index contributed by atoms with van der Waals surface area (Å²) in [6, 6.07) is 1.14. The standard InChI is InChI=1S/C14H14F6N2O4/c15-13(16,17)7-26-10-4-3-8(6-9(10)14(18,19)20)22-12(25)21-5-1-2-11(23)24/h3-4,6H,1-2,5,7H2,(H,23,24)(H2,21,22,25). The van der Waals surface area contributed by atoms with Crippen LogP contribution in [0.4, 0.5) is 36.8 Å². The minimum Gasteiger partial charge on any atom is -0.483 e. The molecule has 146 valence electrons. The number of anilines is 1. The molecule has 6 nitrogen and oxygen atoms in total. The van der Waals surface area contributed by atoms with Crippen LogP contribution in [-0.2, 0) is 11.0 Å². The number of carbonyl (C=O) groups excluding carboxylic acids is 1. The van der Waals surface area contributed by atoms with Gasteiger partial charge in [-0.15, -0.1) is 0 Å². The molecule has 1 rings (SSSR count). The van der Waals surface area contributed by atoms with Crippen molar-refractivity contribution < 1.29 is 45.8 Å². The van der Waals surface area contributed by atoms with Gasteiger partial charge in [-0.05, 0) is 24.6 Å². The fraction of sp³-hybridized carbons (Fsp3) is 0.429. The molecule has 0 bridgehead atoms. The van der Waals surface area contributed by atoms with Gasteiger partial charge in [0.1, 0.15) is 5.75 Å². The first-order valence-electron chi connectivity index (χ1n) is 7.06. The van der Waals surface area contributed by atoms with Crippen LogP contribution < -0.4 is 15.4 Å². The normalized spacial score (nSPS) is 11.8. The van der Waals surface area contributed by atoms with Crippen molar-refractivity contribution in [2.75, 3.05) is 18.5 Å². The van der Waals surface area contributed by atoms with Gasteiger partial charge in [-0.1, -0.05) is 0 Å². The van der Waals surface area contributed by atoms with Gasteiger partial charge in [0, 0.05) is 18.7 Å². The summed E-state index contributed by atoms with van der Waals surface area (Å²) in [4.78, 5) is 21.8. The van der Waals surface area contributed by atoms with Gasteiger partial charge in [0.05, 0.1) is 5.56 Å². The molecule has 0 saturated carbocycles. The minimum atomic E-state index is -5.00. The molecule has 3 N–H and O–H groups in total. The lowest BCUT2D eigenvalue weighted by atomic mass is 10.1. The van der Waals surface area contributed by atoms with Gasteiger partial charge in [0.15, 0.2) is 6.61 Å². The number of carboxylic acid groups (broad SMARTS) is 1. The Kier molecular flexibility index (Phi) is 7.10. The minimum absolute atomic E-state index is 0.0307. The first-order chi connectivity index (χ1) is 11.9. The second kappa shape index (κ2) is 8.63. The molecule has 1 aromatic rings. The van der Waals surface area contributed by atoms with E-state index in [2.05, 4.69) is 15.4 Å². The zero-order valence-corrected chi connectivity index (χ0v) is 13.0. The number of carboxylic acids is 1. The van der Waals surface area contributed by atoms with Crippen LogP contribution in [0.15, 0.2) is 18.2 Å². The molecule has 0 fully saturated rings. The number of carbonyl (C=O) groups is 2. The summed E-state index contributed by atoms with van der Waals surface area (Å²) in [6.07, 6.45) is -9.91. The van der Waals surface area contributed by atoms with E-state index >= 15 is 0 Å². The lowest BCUT2D eigenvalue weighted by Crippen LogP contribution is -2.30. The second-order valence-electron chi connectivity index (χ2n) is 4.99. The number of ether oxygens (including phenoxy) is 1. The molecule has 0 radical (unpaired) electrons. The van der Waals surface area contributed by atoms with Crippen LogP contribution in [0.3, 0.4) is 0 Å². The second-order valence-corrected chi connectivity index (χ2v) is 4.99. The summed E-state index contributed by atoms with van der Waals surface area (Å²) in [7, 11) is 0. The molecule has 0 aliphatic carbocycles. The van der Waals surface area contributed by atoms with E-state index in [1.807, 2.05) is 0 Å². The summed E-state index contributed by atoms with van der Waals surface area (Å²) in [5, 5.41) is 12.7. The van der Waals surface area contributed by atoms with Crippen LogP contribution in [0.1, 0.15) is 18.4 Å². The molecule has 0 atom stereocenters. The highest BCUT2D eigenvalue weighted by molar-refractivity contribution is 5.89. The summed E-state index contributed by atoms with van der Waals surface area (Å²) in [5.74, 6) is -2.10. The van der Waals surface area contributed by atoms with E-state index in [-0.39, 0.29) is 25.1 Å². The van der Waals surface area contributed by atoms with Crippen molar-refractivity contribution in [2.45, 2.75) is 25.2 Å². The van der Waals surface area contributed by atoms with Crippen molar-refractivity contribution >= 4 is 17.7 Å². The fourth-order valence-corrected chi connectivity index (χ4v) is 1.73. The lowest BCUT2D eigenvalue weighted by Gasteiger charge is -2.16. The number of nitrogens with one attached hydrogen (secondary N) is 2. The van der Waals surface area contributed by atoms with Crippen LogP contribution in [-0.4, -0.2) is 36.4 Å². The third kappa shape index (κ3) is 7.94. The van der Waals surface area contributed by atoms with Crippen molar-refractivity contribution in [2.24, 2.45) is 0 Å². The number of rotatable bonds is 7. The number of hydrogen-bond donors (Lipinski definition) is 3. The first-order valence-corrected chi connectivity index (χ1v) is 7.06. The van der Waals surface area contributed by atoms with Crippen LogP contribution in [0.2, 0.25) is 0 Å². The van der Waals surface area contributed by atoms with Gasteiger partial charge >= 0.3 is 24.4 Å². The Bertz CT molecular complexity index is 645. The van der Waals surface area contributed by atoms with Crippen LogP contribution >= 0.6 is 0 Å². The Morgan fingerprint density at radius 3 is 2.31 bits per heavy atom. The van der Waals surface area contributed by atoms with Gasteiger partial charge < -0.3 is 20.5 Å².